The van der Waals surface area contributed by atoms with Crippen molar-refractivity contribution >= 4 is 5.65 Å². The van der Waals surface area contributed by atoms with Gasteiger partial charge >= 0.3 is 6.18 Å². The molecule has 5 nitrogen and oxygen atoms in total. The van der Waals surface area contributed by atoms with Crippen molar-refractivity contribution in [2.24, 2.45) is 0 Å². The highest BCUT2D eigenvalue weighted by Gasteiger charge is 2.38. The van der Waals surface area contributed by atoms with E-state index < -0.39 is 17.4 Å². The van der Waals surface area contributed by atoms with Gasteiger partial charge in [-0.1, -0.05) is 36.4 Å². The highest BCUT2D eigenvalue weighted by molar-refractivity contribution is 5.81. The number of alkyl halides is 3. The van der Waals surface area contributed by atoms with Crippen molar-refractivity contribution < 1.29 is 13.2 Å². The largest absolute Gasteiger partial charge is 0.433 e. The van der Waals surface area contributed by atoms with Crippen LogP contribution in [0.15, 0.2) is 59.7 Å². The van der Waals surface area contributed by atoms with Gasteiger partial charge in [0.05, 0.1) is 16.8 Å². The molecule has 0 aliphatic rings. The molecule has 0 spiro atoms. The Morgan fingerprint density at radius 1 is 1.00 bits per heavy atom. The Morgan fingerprint density at radius 2 is 1.70 bits per heavy atom. The van der Waals surface area contributed by atoms with Crippen molar-refractivity contribution in [1.29, 1.82) is 0 Å². The number of aryl methyl sites for hydroxylation is 1. The van der Waals surface area contributed by atoms with Crippen molar-refractivity contribution in [3.05, 3.63) is 76.6 Å². The van der Waals surface area contributed by atoms with Gasteiger partial charge in [0.15, 0.2) is 5.65 Å². The topological polar surface area (TPSA) is 63.1 Å². The summed E-state index contributed by atoms with van der Waals surface area (Å²) < 4.78 is 41.8. The molecule has 3 aromatic heterocycles. The van der Waals surface area contributed by atoms with E-state index in [0.29, 0.717) is 16.8 Å². The minimum Gasteiger partial charge on any atom is -0.284 e. The monoisotopic (exact) mass is 370 g/mol. The Labute approximate surface area is 151 Å². The van der Waals surface area contributed by atoms with E-state index >= 15 is 0 Å². The first-order valence-electron chi connectivity index (χ1n) is 8.06. The summed E-state index contributed by atoms with van der Waals surface area (Å²) in [4.78, 5) is 21.3. The zero-order chi connectivity index (χ0) is 19.2. The number of aromatic amines is 1. The molecular formula is C19H13F3N4O. The SMILES string of the molecule is Cc1nc2c(-c3ccccc3)c(C(F)(F)F)[nH]n2c(=O)c1-c1cccnc1. The third-order valence-electron chi connectivity index (χ3n) is 4.26. The summed E-state index contributed by atoms with van der Waals surface area (Å²) in [5.41, 5.74) is -0.493. The Kier molecular flexibility index (Phi) is 3.83. The van der Waals surface area contributed by atoms with Gasteiger partial charge in [-0.2, -0.15) is 17.7 Å². The normalized spacial score (nSPS) is 11.9. The second-order valence-electron chi connectivity index (χ2n) is 6.00. The van der Waals surface area contributed by atoms with E-state index in [9.17, 15) is 18.0 Å². The van der Waals surface area contributed by atoms with E-state index in [4.69, 9.17) is 0 Å². The van der Waals surface area contributed by atoms with Gasteiger partial charge in [-0.25, -0.2) is 4.98 Å². The molecule has 4 aromatic rings. The Balaban J connectivity index is 2.11. The number of halogens is 3. The number of nitrogens with zero attached hydrogens (tertiary/aromatic N) is 3. The lowest BCUT2D eigenvalue weighted by molar-refractivity contribution is -0.140. The van der Waals surface area contributed by atoms with Crippen LogP contribution in [0.2, 0.25) is 0 Å². The van der Waals surface area contributed by atoms with Crippen molar-refractivity contribution in [3.63, 3.8) is 0 Å². The lowest BCUT2D eigenvalue weighted by Crippen LogP contribution is -2.19. The van der Waals surface area contributed by atoms with Gasteiger partial charge in [0.2, 0.25) is 0 Å². The summed E-state index contributed by atoms with van der Waals surface area (Å²) in [6.45, 7) is 1.60. The van der Waals surface area contributed by atoms with Gasteiger partial charge in [-0.05, 0) is 18.6 Å². The fraction of sp³-hybridized carbons (Fsp3) is 0.105. The van der Waals surface area contributed by atoms with Crippen molar-refractivity contribution in [3.8, 4) is 22.3 Å². The number of H-pyrrole nitrogens is 1. The number of aromatic nitrogens is 4. The smallest absolute Gasteiger partial charge is 0.284 e. The summed E-state index contributed by atoms with van der Waals surface area (Å²) in [7, 11) is 0. The Morgan fingerprint density at radius 3 is 2.33 bits per heavy atom. The van der Waals surface area contributed by atoms with Crippen LogP contribution in [0.3, 0.4) is 0 Å². The maximum atomic E-state index is 13.6. The van der Waals surface area contributed by atoms with Crippen molar-refractivity contribution in [2.45, 2.75) is 13.1 Å². The Hall–Kier alpha value is -3.42. The van der Waals surface area contributed by atoms with Crippen LogP contribution in [0.1, 0.15) is 11.4 Å². The van der Waals surface area contributed by atoms with E-state index in [1.807, 2.05) is 0 Å². The quantitative estimate of drug-likeness (QED) is 0.578. The number of rotatable bonds is 2. The molecule has 8 heteroatoms. The standard InChI is InChI=1S/C19H13F3N4O/c1-11-14(13-8-5-9-23-10-13)18(27)26-17(24-11)15(12-6-3-2-4-7-12)16(25-26)19(20,21)22/h2-10,25H,1H3. The Bertz CT molecular complexity index is 1180. The highest BCUT2D eigenvalue weighted by atomic mass is 19.4. The lowest BCUT2D eigenvalue weighted by Gasteiger charge is -2.07. The van der Waals surface area contributed by atoms with Gasteiger partial charge in [-0.3, -0.25) is 14.9 Å². The predicted octanol–water partition coefficient (Wildman–Crippen LogP) is 4.08. The van der Waals surface area contributed by atoms with Gasteiger partial charge < -0.3 is 0 Å². The molecule has 1 N–H and O–H groups in total. The molecule has 0 aliphatic heterocycles. The molecule has 0 atom stereocenters. The van der Waals surface area contributed by atoms with Gasteiger partial charge in [-0.15, -0.1) is 0 Å². The van der Waals surface area contributed by atoms with Crippen LogP contribution in [0.25, 0.3) is 27.9 Å². The number of pyridine rings is 1. The van der Waals surface area contributed by atoms with Crippen LogP contribution in [-0.2, 0) is 6.18 Å². The fourth-order valence-corrected chi connectivity index (χ4v) is 3.10. The molecule has 0 saturated carbocycles. The fourth-order valence-electron chi connectivity index (χ4n) is 3.10. The van der Waals surface area contributed by atoms with Crippen LogP contribution < -0.4 is 5.56 Å². The van der Waals surface area contributed by atoms with E-state index in [1.54, 1.807) is 55.6 Å². The number of fused-ring (bicyclic) bond motifs is 1. The first kappa shape index (κ1) is 17.0. The van der Waals surface area contributed by atoms with Crippen molar-refractivity contribution in [1.82, 2.24) is 19.6 Å². The van der Waals surface area contributed by atoms with E-state index in [2.05, 4.69) is 15.1 Å². The molecule has 4 rings (SSSR count). The summed E-state index contributed by atoms with van der Waals surface area (Å²) in [6, 6.07) is 11.4. The predicted molar refractivity (Wildman–Crippen MR) is 94.2 cm³/mol. The number of benzene rings is 1. The van der Waals surface area contributed by atoms with Crippen LogP contribution in [0.5, 0.6) is 0 Å². The van der Waals surface area contributed by atoms with Crippen LogP contribution in [-0.4, -0.2) is 19.6 Å². The minimum absolute atomic E-state index is 0.0661. The van der Waals surface area contributed by atoms with Gasteiger partial charge in [0.25, 0.3) is 5.56 Å². The third kappa shape index (κ3) is 2.79. The van der Waals surface area contributed by atoms with E-state index in [1.165, 1.54) is 6.20 Å². The maximum absolute atomic E-state index is 13.6. The molecule has 0 saturated heterocycles. The van der Waals surface area contributed by atoms with Crippen LogP contribution in [0, 0.1) is 6.92 Å². The number of hydrogen-bond acceptors (Lipinski definition) is 3. The van der Waals surface area contributed by atoms with Crippen LogP contribution >= 0.6 is 0 Å². The first-order chi connectivity index (χ1) is 12.9. The van der Waals surface area contributed by atoms with Crippen molar-refractivity contribution in [2.75, 3.05) is 0 Å². The van der Waals surface area contributed by atoms with E-state index in [-0.39, 0.29) is 16.8 Å². The molecule has 0 aliphatic carbocycles. The first-order valence-corrected chi connectivity index (χ1v) is 8.06. The molecule has 0 radical (unpaired) electrons. The number of nitrogens with one attached hydrogen (secondary N) is 1. The zero-order valence-electron chi connectivity index (χ0n) is 14.1. The number of hydrogen-bond donors (Lipinski definition) is 1. The summed E-state index contributed by atoms with van der Waals surface area (Å²) >= 11 is 0. The molecule has 3 heterocycles. The van der Waals surface area contributed by atoms with Crippen LogP contribution in [0.4, 0.5) is 13.2 Å². The highest BCUT2D eigenvalue weighted by Crippen LogP contribution is 2.38. The minimum atomic E-state index is -4.67. The second-order valence-corrected chi connectivity index (χ2v) is 6.00. The van der Waals surface area contributed by atoms with Gasteiger partial charge in [0.1, 0.15) is 5.69 Å². The molecule has 136 valence electrons. The van der Waals surface area contributed by atoms with Gasteiger partial charge in [0, 0.05) is 18.0 Å². The molecule has 0 unspecified atom stereocenters. The second kappa shape index (κ2) is 6.08. The molecule has 0 fully saturated rings. The zero-order valence-corrected chi connectivity index (χ0v) is 14.1. The maximum Gasteiger partial charge on any atom is 0.433 e. The molecule has 0 amide bonds. The molecule has 27 heavy (non-hydrogen) atoms. The molecular weight excluding hydrogens is 357 g/mol. The third-order valence-corrected chi connectivity index (χ3v) is 4.26. The van der Waals surface area contributed by atoms with E-state index in [0.717, 1.165) is 4.52 Å². The lowest BCUT2D eigenvalue weighted by atomic mass is 10.0. The summed E-state index contributed by atoms with van der Waals surface area (Å²) in [5.74, 6) is 0. The molecule has 1 aromatic carbocycles. The average molecular weight is 370 g/mol. The summed E-state index contributed by atoms with van der Waals surface area (Å²) in [6.07, 6.45) is -1.65. The summed E-state index contributed by atoms with van der Waals surface area (Å²) in [5, 5.41) is 2.20. The average Bonchev–Trinajstić information content (AvgIpc) is 3.03. The molecule has 0 bridgehead atoms.